The van der Waals surface area contributed by atoms with Crippen LogP contribution in [0.15, 0.2) is 54.6 Å². The summed E-state index contributed by atoms with van der Waals surface area (Å²) in [4.78, 5) is 0. The zero-order valence-corrected chi connectivity index (χ0v) is 16.9. The number of fused-ring (bicyclic) bond motifs is 5. The van der Waals surface area contributed by atoms with E-state index < -0.39 is 0 Å². The van der Waals surface area contributed by atoms with E-state index >= 15 is 0 Å². The van der Waals surface area contributed by atoms with Crippen molar-refractivity contribution in [3.63, 3.8) is 0 Å². The van der Waals surface area contributed by atoms with E-state index in [1.54, 1.807) is 5.46 Å². The SMILES string of the molecule is CC1(C)CB(c2cc3c4ccccc4sc3c3ccccc23)CC1(C)C. The van der Waals surface area contributed by atoms with Gasteiger partial charge >= 0.3 is 0 Å². The summed E-state index contributed by atoms with van der Waals surface area (Å²) in [5.41, 5.74) is 2.32. The van der Waals surface area contributed by atoms with Gasteiger partial charge in [0.25, 0.3) is 0 Å². The van der Waals surface area contributed by atoms with Gasteiger partial charge < -0.3 is 0 Å². The van der Waals surface area contributed by atoms with Crippen molar-refractivity contribution in [1.82, 2.24) is 0 Å². The first-order chi connectivity index (χ1) is 12.4. The summed E-state index contributed by atoms with van der Waals surface area (Å²) >= 11 is 1.94. The molecule has 3 aromatic carbocycles. The Bertz CT molecular complexity index is 1130. The maximum absolute atomic E-state index is 2.53. The van der Waals surface area contributed by atoms with E-state index in [1.807, 2.05) is 11.3 Å². The molecule has 130 valence electrons. The third-order valence-corrected chi connectivity index (χ3v) is 8.42. The summed E-state index contributed by atoms with van der Waals surface area (Å²) in [6.45, 7) is 10.5. The molecular weight excluding hydrogens is 331 g/mol. The van der Waals surface area contributed by atoms with Crippen LogP contribution in [0.4, 0.5) is 0 Å². The Morgan fingerprint density at radius 3 is 2.00 bits per heavy atom. The smallest absolute Gasteiger partial charge is 0.135 e. The molecule has 2 heteroatoms. The molecule has 0 N–H and O–H groups in total. The molecule has 0 aliphatic carbocycles. The highest BCUT2D eigenvalue weighted by atomic mass is 32.1. The highest BCUT2D eigenvalue weighted by Gasteiger charge is 2.48. The van der Waals surface area contributed by atoms with Crippen LogP contribution >= 0.6 is 11.3 Å². The van der Waals surface area contributed by atoms with E-state index in [4.69, 9.17) is 0 Å². The van der Waals surface area contributed by atoms with Gasteiger partial charge in [-0.3, -0.25) is 0 Å². The van der Waals surface area contributed by atoms with Gasteiger partial charge in [0.15, 0.2) is 6.71 Å². The second-order valence-corrected chi connectivity index (χ2v) is 10.4. The third-order valence-electron chi connectivity index (χ3n) is 7.20. The maximum atomic E-state index is 2.53. The first kappa shape index (κ1) is 16.4. The average Bonchev–Trinajstić information content (AvgIpc) is 3.08. The number of hydrogen-bond acceptors (Lipinski definition) is 1. The van der Waals surface area contributed by atoms with Crippen molar-refractivity contribution in [3.05, 3.63) is 54.6 Å². The normalized spacial score (nSPS) is 19.0. The minimum Gasteiger partial charge on any atom is -0.135 e. The zero-order chi connectivity index (χ0) is 18.1. The fourth-order valence-corrected chi connectivity index (χ4v) is 6.21. The molecule has 4 aromatic rings. The van der Waals surface area contributed by atoms with Gasteiger partial charge in [0.1, 0.15) is 0 Å². The summed E-state index contributed by atoms with van der Waals surface area (Å²) in [6, 6.07) is 20.5. The van der Waals surface area contributed by atoms with E-state index in [-0.39, 0.29) is 0 Å². The van der Waals surface area contributed by atoms with Crippen LogP contribution in [0.2, 0.25) is 12.6 Å². The second-order valence-electron chi connectivity index (χ2n) is 9.36. The molecule has 0 unspecified atom stereocenters. The summed E-state index contributed by atoms with van der Waals surface area (Å²) in [6.07, 6.45) is 2.55. The molecular formula is C24H25BS. The predicted molar refractivity (Wildman–Crippen MR) is 119 cm³/mol. The quantitative estimate of drug-likeness (QED) is 0.323. The van der Waals surface area contributed by atoms with Crippen LogP contribution in [-0.4, -0.2) is 6.71 Å². The van der Waals surface area contributed by atoms with Crippen LogP contribution in [0.3, 0.4) is 0 Å². The van der Waals surface area contributed by atoms with E-state index in [0.29, 0.717) is 17.5 Å². The average molecular weight is 356 g/mol. The summed E-state index contributed by atoms with van der Waals surface area (Å²) < 4.78 is 2.85. The van der Waals surface area contributed by atoms with Gasteiger partial charge in [-0.2, -0.15) is 0 Å². The summed E-state index contributed by atoms with van der Waals surface area (Å²) in [5.74, 6) is 0. The molecule has 0 amide bonds. The van der Waals surface area contributed by atoms with Crippen LogP contribution < -0.4 is 5.46 Å². The Morgan fingerprint density at radius 2 is 1.31 bits per heavy atom. The highest BCUT2D eigenvalue weighted by Crippen LogP contribution is 2.53. The van der Waals surface area contributed by atoms with Crippen LogP contribution in [0.1, 0.15) is 27.7 Å². The Kier molecular flexibility index (Phi) is 3.38. The van der Waals surface area contributed by atoms with Gasteiger partial charge in [0.2, 0.25) is 0 Å². The highest BCUT2D eigenvalue weighted by molar-refractivity contribution is 7.26. The monoisotopic (exact) mass is 356 g/mol. The maximum Gasteiger partial charge on any atom is 0.177 e. The van der Waals surface area contributed by atoms with Crippen LogP contribution in [0.5, 0.6) is 0 Å². The van der Waals surface area contributed by atoms with Crippen molar-refractivity contribution in [3.8, 4) is 0 Å². The molecule has 0 atom stereocenters. The van der Waals surface area contributed by atoms with E-state index in [9.17, 15) is 0 Å². The standard InChI is InChI=1S/C24H25BS/c1-23(2)14-25(15-24(23,3)4)20-13-19-17-10-7-8-12-21(17)26-22(19)18-11-6-5-9-16(18)20/h5-13H,14-15H2,1-4H3. The van der Waals surface area contributed by atoms with Crippen molar-refractivity contribution in [2.45, 2.75) is 40.3 Å². The molecule has 1 aliphatic rings. The molecule has 0 saturated carbocycles. The molecule has 2 heterocycles. The predicted octanol–water partition coefficient (Wildman–Crippen LogP) is 6.98. The van der Waals surface area contributed by atoms with Crippen molar-refractivity contribution in [2.75, 3.05) is 0 Å². The van der Waals surface area contributed by atoms with Gasteiger partial charge in [-0.25, -0.2) is 0 Å². The first-order valence-corrected chi connectivity index (χ1v) is 10.5. The molecule has 0 radical (unpaired) electrons. The van der Waals surface area contributed by atoms with Crippen molar-refractivity contribution in [1.29, 1.82) is 0 Å². The lowest BCUT2D eigenvalue weighted by Gasteiger charge is -2.35. The van der Waals surface area contributed by atoms with Crippen LogP contribution in [-0.2, 0) is 0 Å². The van der Waals surface area contributed by atoms with Crippen LogP contribution in [0, 0.1) is 10.8 Å². The summed E-state index contributed by atoms with van der Waals surface area (Å²) in [7, 11) is 0. The molecule has 0 nitrogen and oxygen atoms in total. The minimum absolute atomic E-state index is 0.379. The van der Waals surface area contributed by atoms with Crippen molar-refractivity contribution >= 4 is 54.5 Å². The fourth-order valence-electron chi connectivity index (χ4n) is 4.99. The lowest BCUT2D eigenvalue weighted by atomic mass is 9.41. The lowest BCUT2D eigenvalue weighted by molar-refractivity contribution is 0.177. The molecule has 1 fully saturated rings. The number of thiophene rings is 1. The number of rotatable bonds is 1. The van der Waals surface area contributed by atoms with E-state index in [2.05, 4.69) is 82.3 Å². The Morgan fingerprint density at radius 1 is 0.731 bits per heavy atom. The fraction of sp³-hybridized carbons (Fsp3) is 0.333. The van der Waals surface area contributed by atoms with Gasteiger partial charge in [0.05, 0.1) is 0 Å². The number of benzene rings is 3. The largest absolute Gasteiger partial charge is 0.177 e. The molecule has 0 spiro atoms. The topological polar surface area (TPSA) is 0 Å². The van der Waals surface area contributed by atoms with Gasteiger partial charge in [-0.15, -0.1) is 11.3 Å². The van der Waals surface area contributed by atoms with Gasteiger partial charge in [0, 0.05) is 20.2 Å². The second kappa shape index (κ2) is 5.36. The minimum atomic E-state index is 0.379. The lowest BCUT2D eigenvalue weighted by Crippen LogP contribution is -2.28. The first-order valence-electron chi connectivity index (χ1n) is 9.70. The molecule has 5 rings (SSSR count). The van der Waals surface area contributed by atoms with E-state index in [1.165, 1.54) is 43.6 Å². The van der Waals surface area contributed by atoms with Gasteiger partial charge in [-0.1, -0.05) is 94.3 Å². The van der Waals surface area contributed by atoms with Crippen LogP contribution in [0.25, 0.3) is 30.9 Å². The molecule has 1 aromatic heterocycles. The third kappa shape index (κ3) is 2.21. The van der Waals surface area contributed by atoms with Gasteiger partial charge in [-0.05, 0) is 27.7 Å². The molecule has 1 aliphatic heterocycles. The Hall–Kier alpha value is -1.80. The number of hydrogen-bond donors (Lipinski definition) is 0. The molecule has 1 saturated heterocycles. The zero-order valence-electron chi connectivity index (χ0n) is 16.1. The molecule has 0 bridgehead atoms. The Labute approximate surface area is 160 Å². The van der Waals surface area contributed by atoms with E-state index in [0.717, 1.165) is 0 Å². The van der Waals surface area contributed by atoms with Crippen molar-refractivity contribution < 1.29 is 0 Å². The summed E-state index contributed by atoms with van der Waals surface area (Å²) in [5, 5.41) is 5.76. The Balaban J connectivity index is 1.83. The molecule has 26 heavy (non-hydrogen) atoms. The van der Waals surface area contributed by atoms with Crippen molar-refractivity contribution in [2.24, 2.45) is 10.8 Å².